The van der Waals surface area contributed by atoms with Crippen LogP contribution in [0.3, 0.4) is 0 Å². The van der Waals surface area contributed by atoms with E-state index in [1.165, 1.54) is 32.1 Å². The highest BCUT2D eigenvalue weighted by molar-refractivity contribution is 9.11. The molecule has 374 valence electrons. The molecule has 6 rings (SSSR count). The zero-order chi connectivity index (χ0) is 51.6. The number of hydrogen-bond donors (Lipinski definition) is 2. The van der Waals surface area contributed by atoms with Crippen LogP contribution in [-0.2, 0) is 29.5 Å². The Morgan fingerprint density at radius 2 is 1.07 bits per heavy atom. The number of carbonyl (C=O) groups is 4. The number of aromatic nitrogens is 6. The lowest BCUT2D eigenvalue weighted by molar-refractivity contribution is 0.0513. The number of nitrogens with two attached hydrogens (primary N) is 1. The summed E-state index contributed by atoms with van der Waals surface area (Å²) in [5, 5.41) is 14.8. The fourth-order valence-electron chi connectivity index (χ4n) is 4.74. The highest BCUT2D eigenvalue weighted by atomic mass is 79.9. The van der Waals surface area contributed by atoms with Crippen molar-refractivity contribution in [1.29, 1.82) is 0 Å². The molecule has 0 aliphatic heterocycles. The third-order valence-electron chi connectivity index (χ3n) is 7.62. The molecular formula is C37H40Br2N8O18S4. The molecule has 0 saturated carbocycles. The Hall–Kier alpha value is -6.58. The van der Waals surface area contributed by atoms with E-state index >= 15 is 0 Å². The summed E-state index contributed by atoms with van der Waals surface area (Å²) in [5.74, 6) is -0.365. The molecule has 69 heavy (non-hydrogen) atoms. The van der Waals surface area contributed by atoms with E-state index in [1.54, 1.807) is 56.0 Å². The first-order valence-electron chi connectivity index (χ1n) is 18.6. The molecule has 0 unspecified atom stereocenters. The van der Waals surface area contributed by atoms with Crippen LogP contribution in [0.1, 0.15) is 34.6 Å². The third kappa shape index (κ3) is 15.0. The Labute approximate surface area is 416 Å². The molecule has 4 aromatic heterocycles. The van der Waals surface area contributed by atoms with Gasteiger partial charge in [-0.05, 0) is 70.0 Å². The molecule has 0 fully saturated rings. The summed E-state index contributed by atoms with van der Waals surface area (Å²) in [6.45, 7) is 3.40. The fraction of sp³-hybridized carbons (Fsp3) is 0.243. The van der Waals surface area contributed by atoms with E-state index in [9.17, 15) is 45.6 Å². The minimum atomic E-state index is -4.55. The van der Waals surface area contributed by atoms with Crippen molar-refractivity contribution in [3.8, 4) is 23.5 Å². The topological polar surface area (TPSA) is 328 Å². The van der Waals surface area contributed by atoms with Crippen LogP contribution in [0.25, 0.3) is 0 Å². The van der Waals surface area contributed by atoms with Crippen LogP contribution in [-0.4, -0.2) is 119 Å². The van der Waals surface area contributed by atoms with Crippen molar-refractivity contribution in [2.24, 2.45) is 5.14 Å². The van der Waals surface area contributed by atoms with Gasteiger partial charge in [0.1, 0.15) is 35.5 Å². The first-order valence-corrected chi connectivity index (χ1v) is 25.0. The molecule has 0 spiro atoms. The molecule has 3 N–H and O–H groups in total. The maximum Gasteiger partial charge on any atom is 0.445 e. The van der Waals surface area contributed by atoms with Crippen LogP contribution in [0.15, 0.2) is 98.4 Å². The predicted molar refractivity (Wildman–Crippen MR) is 250 cm³/mol. The van der Waals surface area contributed by atoms with Gasteiger partial charge in [-0.15, -0.1) is 37.1 Å². The fourth-order valence-corrected chi connectivity index (χ4v) is 11.2. The minimum Gasteiger partial charge on any atom is -0.497 e. The molecule has 2 aromatic carbocycles. The number of amides is 1. The van der Waals surface area contributed by atoms with Gasteiger partial charge < -0.3 is 38.1 Å². The maximum absolute atomic E-state index is 12.6. The Balaban J connectivity index is 0.000000262. The van der Waals surface area contributed by atoms with E-state index in [4.69, 9.17) is 43.2 Å². The molecule has 4 heterocycles. The number of halogens is 2. The van der Waals surface area contributed by atoms with Crippen LogP contribution >= 0.6 is 54.5 Å². The lowest BCUT2D eigenvalue weighted by atomic mass is 10.3. The lowest BCUT2D eigenvalue weighted by Gasteiger charge is -2.07. The number of ether oxygens (including phenoxy) is 6. The summed E-state index contributed by atoms with van der Waals surface area (Å²) in [5.41, 5.74) is -2.21. The summed E-state index contributed by atoms with van der Waals surface area (Å²) in [7, 11) is -1.97. The Kier molecular flexibility index (Phi) is 21.6. The number of rotatable bonds is 13. The predicted octanol–water partition coefficient (Wildman–Crippen LogP) is 3.25. The van der Waals surface area contributed by atoms with Crippen molar-refractivity contribution < 1.29 is 74.1 Å². The Morgan fingerprint density at radius 3 is 1.46 bits per heavy atom. The third-order valence-corrected chi connectivity index (χ3v) is 14.2. The van der Waals surface area contributed by atoms with Gasteiger partial charge in [-0.1, -0.05) is 51.0 Å². The van der Waals surface area contributed by atoms with Crippen LogP contribution in [0, 0.1) is 0 Å². The number of nitrogens with zero attached hydrogens (tertiary/aromatic N) is 6. The molecule has 0 saturated heterocycles. The summed E-state index contributed by atoms with van der Waals surface area (Å²) < 4.78 is 80.5. The number of para-hydroxylation sites is 2. The van der Waals surface area contributed by atoms with E-state index in [-0.39, 0.29) is 49.7 Å². The van der Waals surface area contributed by atoms with Crippen molar-refractivity contribution in [3.63, 3.8) is 0 Å². The number of hydrogen-bond acceptors (Lipinski definition) is 22. The monoisotopic (exact) mass is 1170 g/mol. The number of benzene rings is 2. The zero-order valence-corrected chi connectivity index (χ0v) is 43.3. The average Bonchev–Trinajstić information content (AvgIpc) is 4.09. The summed E-state index contributed by atoms with van der Waals surface area (Å²) in [6.07, 6.45) is -0.953. The second kappa shape index (κ2) is 26.3. The van der Waals surface area contributed by atoms with Gasteiger partial charge in [-0.25, -0.2) is 55.5 Å². The van der Waals surface area contributed by atoms with Gasteiger partial charge in [0.25, 0.3) is 10.0 Å². The van der Waals surface area contributed by atoms with E-state index in [1.807, 2.05) is 30.3 Å². The van der Waals surface area contributed by atoms with Crippen molar-refractivity contribution in [2.75, 3.05) is 48.8 Å². The molecule has 0 bridgehead atoms. The van der Waals surface area contributed by atoms with Gasteiger partial charge in [-0.2, -0.15) is 0 Å². The number of sulfonamides is 2. The zero-order valence-electron chi connectivity index (χ0n) is 36.8. The standard InChI is InChI=1S/C12H13BrN4O8S2.C11H11N3O5.C7H8BrNO4S2.C7H8O/c1-4-25-9(18)6-5-26-8(13)7(6)27(21,22)15-10(19)16-12(20)17(24-3)11(14-16)23-2;1-17-9-12-13(10(15)14(9)18-2)11(16)19-8-6-4-3-5-7-8;1-2-13-7(10)4-3-14-6(8)5(4)15(9,11)12;1-8-7-5-3-2-4-6-7/h5H,4H2,1-3H3,(H,15,19);3-7H,1-2H3;3H,2H2,1H3,(H2,9,11,12);2-6H,1H3. The van der Waals surface area contributed by atoms with E-state index in [2.05, 4.69) is 42.1 Å². The molecule has 0 radical (unpaired) electrons. The van der Waals surface area contributed by atoms with Gasteiger partial charge in [-0.3, -0.25) is 0 Å². The largest absolute Gasteiger partial charge is 0.497 e. The molecule has 0 aliphatic carbocycles. The number of methoxy groups -OCH3 is 3. The summed E-state index contributed by atoms with van der Waals surface area (Å²) >= 11 is 8.02. The average molecular weight is 1170 g/mol. The first-order chi connectivity index (χ1) is 32.6. The molecular weight excluding hydrogens is 1130 g/mol. The van der Waals surface area contributed by atoms with Gasteiger partial charge >= 0.3 is 47.5 Å². The molecule has 32 heteroatoms. The quantitative estimate of drug-likeness (QED) is 0.157. The number of nitrogens with one attached hydrogen (secondary N) is 1. The number of primary sulfonamides is 1. The number of carbonyl (C=O) groups excluding carboxylic acids is 4. The summed E-state index contributed by atoms with van der Waals surface area (Å²) in [6, 6.07) is 16.1. The van der Waals surface area contributed by atoms with Crippen molar-refractivity contribution in [3.05, 3.63) is 111 Å². The highest BCUT2D eigenvalue weighted by Gasteiger charge is 2.32. The second-order valence-electron chi connectivity index (χ2n) is 11.9. The van der Waals surface area contributed by atoms with Gasteiger partial charge in [0.05, 0.1) is 53.2 Å². The van der Waals surface area contributed by atoms with E-state index in [0.29, 0.717) is 18.9 Å². The van der Waals surface area contributed by atoms with E-state index < -0.39 is 60.4 Å². The minimum absolute atomic E-state index is 0.0296. The van der Waals surface area contributed by atoms with Crippen molar-refractivity contribution in [2.45, 2.75) is 23.6 Å². The summed E-state index contributed by atoms with van der Waals surface area (Å²) in [4.78, 5) is 79.9. The van der Waals surface area contributed by atoms with Crippen molar-refractivity contribution >= 4 is 98.6 Å². The lowest BCUT2D eigenvalue weighted by Crippen LogP contribution is -2.41. The Morgan fingerprint density at radius 1 is 0.652 bits per heavy atom. The highest BCUT2D eigenvalue weighted by Crippen LogP contribution is 2.33. The molecule has 0 aliphatic rings. The Bertz CT molecular complexity index is 3060. The van der Waals surface area contributed by atoms with Crippen molar-refractivity contribution in [1.82, 2.24) is 33.7 Å². The number of thiophene rings is 2. The molecule has 0 atom stereocenters. The van der Waals surface area contributed by atoms with Gasteiger partial charge in [0, 0.05) is 10.8 Å². The maximum atomic E-state index is 12.6. The second-order valence-corrected chi connectivity index (χ2v) is 19.4. The van der Waals surface area contributed by atoms with Crippen LogP contribution in [0.5, 0.6) is 23.5 Å². The van der Waals surface area contributed by atoms with Gasteiger partial charge in [0.15, 0.2) is 0 Å². The van der Waals surface area contributed by atoms with Crippen LogP contribution in [0.2, 0.25) is 0 Å². The SMILES string of the molecule is CCOC(=O)c1csc(Br)c1S(=O)(=O)NC(=O)n1nc(OC)n(OC)c1=O.CCOC(=O)c1csc(Br)c1S(N)(=O)=O.COc1ccccc1.COc1nn(C(=O)Oc2ccccc2)c(=O)n1OC. The van der Waals surface area contributed by atoms with E-state index in [0.717, 1.165) is 40.3 Å². The smallest absolute Gasteiger partial charge is 0.445 e. The first kappa shape index (κ1) is 56.7. The molecule has 26 nitrogen and oxygen atoms in total. The molecule has 6 aromatic rings. The van der Waals surface area contributed by atoms with Gasteiger partial charge in [0.2, 0.25) is 10.0 Å². The molecule has 1 amide bonds. The normalized spacial score (nSPS) is 10.6. The van der Waals surface area contributed by atoms with Crippen LogP contribution in [0.4, 0.5) is 9.59 Å². The number of esters is 2. The van der Waals surface area contributed by atoms with Crippen LogP contribution < -0.4 is 49.9 Å².